The minimum atomic E-state index is -0.292. The lowest BCUT2D eigenvalue weighted by molar-refractivity contribution is -0.126. The Hall–Kier alpha value is -1.39. The lowest BCUT2D eigenvalue weighted by Crippen LogP contribution is -2.41. The Bertz CT molecular complexity index is 426. The molecule has 0 aromatic heterocycles. The van der Waals surface area contributed by atoms with Gasteiger partial charge in [0.2, 0.25) is 5.91 Å². The predicted octanol–water partition coefficient (Wildman–Crippen LogP) is 1.14. The predicted molar refractivity (Wildman–Crippen MR) is 76.6 cm³/mol. The second-order valence-corrected chi connectivity index (χ2v) is 5.68. The first-order valence-electron chi connectivity index (χ1n) is 6.78. The van der Waals surface area contributed by atoms with Crippen LogP contribution in [0.1, 0.15) is 24.4 Å². The van der Waals surface area contributed by atoms with Crippen molar-refractivity contribution < 1.29 is 4.79 Å². The molecule has 4 nitrogen and oxygen atoms in total. The van der Waals surface area contributed by atoms with Gasteiger partial charge < -0.3 is 16.0 Å². The van der Waals surface area contributed by atoms with Crippen molar-refractivity contribution >= 4 is 5.91 Å². The highest BCUT2D eigenvalue weighted by Crippen LogP contribution is 2.45. The third-order valence-electron chi connectivity index (χ3n) is 3.78. The topological polar surface area (TPSA) is 58.4 Å². The zero-order valence-electron chi connectivity index (χ0n) is 11.7. The Balaban J connectivity index is 2.08. The average molecular weight is 261 g/mol. The summed E-state index contributed by atoms with van der Waals surface area (Å²) in [5.74, 6) is 0.103. The Labute approximate surface area is 115 Å². The molecule has 1 aliphatic rings. The van der Waals surface area contributed by atoms with Gasteiger partial charge in [-0.15, -0.1) is 0 Å². The number of nitrogens with zero attached hydrogens (tertiary/aromatic N) is 1. The van der Waals surface area contributed by atoms with E-state index in [0.29, 0.717) is 6.54 Å². The molecule has 19 heavy (non-hydrogen) atoms. The maximum absolute atomic E-state index is 12.3. The van der Waals surface area contributed by atoms with Gasteiger partial charge in [-0.2, -0.15) is 0 Å². The van der Waals surface area contributed by atoms with Crippen molar-refractivity contribution in [3.05, 3.63) is 35.9 Å². The molecule has 0 bridgehead atoms. The molecule has 4 heteroatoms. The van der Waals surface area contributed by atoms with Crippen molar-refractivity contribution in [1.29, 1.82) is 0 Å². The normalized spacial score (nSPS) is 18.1. The van der Waals surface area contributed by atoms with Crippen LogP contribution in [0, 0.1) is 5.41 Å². The molecule has 0 heterocycles. The van der Waals surface area contributed by atoms with Crippen LogP contribution in [-0.4, -0.2) is 38.0 Å². The molecule has 1 amide bonds. The maximum Gasteiger partial charge on any atom is 0.228 e. The molecule has 0 saturated heterocycles. The van der Waals surface area contributed by atoms with Crippen molar-refractivity contribution in [2.45, 2.75) is 18.9 Å². The summed E-state index contributed by atoms with van der Waals surface area (Å²) in [6.07, 6.45) is 1.83. The van der Waals surface area contributed by atoms with E-state index in [9.17, 15) is 4.79 Å². The van der Waals surface area contributed by atoms with E-state index in [1.165, 1.54) is 0 Å². The number of hydrogen-bond donors (Lipinski definition) is 2. The van der Waals surface area contributed by atoms with Gasteiger partial charge in [-0.1, -0.05) is 30.3 Å². The second-order valence-electron chi connectivity index (χ2n) is 5.68. The van der Waals surface area contributed by atoms with Crippen LogP contribution < -0.4 is 11.1 Å². The first kappa shape index (κ1) is 14.0. The molecular weight excluding hydrogens is 238 g/mol. The zero-order chi connectivity index (χ0) is 13.9. The Kier molecular flexibility index (Phi) is 4.22. The number of amides is 1. The van der Waals surface area contributed by atoms with Crippen molar-refractivity contribution in [1.82, 2.24) is 10.2 Å². The standard InChI is InChI=1S/C15H23N3O/c1-18(2)10-13(12-6-4-3-5-7-12)17-14(19)15(11-16)8-9-15/h3-7,13H,8-11,16H2,1-2H3,(H,17,19). The van der Waals surface area contributed by atoms with Gasteiger partial charge in [0.25, 0.3) is 0 Å². The largest absolute Gasteiger partial charge is 0.347 e. The highest BCUT2D eigenvalue weighted by molar-refractivity contribution is 5.85. The molecule has 0 radical (unpaired) electrons. The average Bonchev–Trinajstić information content (AvgIpc) is 3.19. The van der Waals surface area contributed by atoms with Gasteiger partial charge in [0, 0.05) is 13.1 Å². The van der Waals surface area contributed by atoms with Crippen molar-refractivity contribution in [3.8, 4) is 0 Å². The fraction of sp³-hybridized carbons (Fsp3) is 0.533. The summed E-state index contributed by atoms with van der Waals surface area (Å²) >= 11 is 0. The Morgan fingerprint density at radius 3 is 2.47 bits per heavy atom. The van der Waals surface area contributed by atoms with Gasteiger partial charge >= 0.3 is 0 Å². The third kappa shape index (κ3) is 3.33. The number of nitrogens with two attached hydrogens (primary N) is 1. The van der Waals surface area contributed by atoms with Crippen LogP contribution in [0.3, 0.4) is 0 Å². The SMILES string of the molecule is CN(C)CC(NC(=O)C1(CN)CC1)c1ccccc1. The highest BCUT2D eigenvalue weighted by Gasteiger charge is 2.48. The Morgan fingerprint density at radius 1 is 1.37 bits per heavy atom. The molecule has 3 N–H and O–H groups in total. The van der Waals surface area contributed by atoms with E-state index >= 15 is 0 Å². The molecule has 1 aliphatic carbocycles. The fourth-order valence-corrected chi connectivity index (χ4v) is 2.27. The summed E-state index contributed by atoms with van der Waals surface area (Å²) in [7, 11) is 4.02. The molecule has 1 aromatic rings. The zero-order valence-corrected chi connectivity index (χ0v) is 11.7. The van der Waals surface area contributed by atoms with Crippen LogP contribution in [0.5, 0.6) is 0 Å². The maximum atomic E-state index is 12.3. The van der Waals surface area contributed by atoms with Gasteiger partial charge in [-0.3, -0.25) is 4.79 Å². The quantitative estimate of drug-likeness (QED) is 0.807. The lowest BCUT2D eigenvalue weighted by Gasteiger charge is -2.25. The van der Waals surface area contributed by atoms with Crippen LogP contribution in [0.15, 0.2) is 30.3 Å². The summed E-state index contributed by atoms with van der Waals surface area (Å²) in [6.45, 7) is 1.23. The molecule has 0 aliphatic heterocycles. The molecule has 1 atom stereocenters. The molecule has 1 saturated carbocycles. The van der Waals surface area contributed by atoms with Gasteiger partial charge in [0.15, 0.2) is 0 Å². The van der Waals surface area contributed by atoms with Crippen LogP contribution in [-0.2, 0) is 4.79 Å². The number of nitrogens with one attached hydrogen (secondary N) is 1. The van der Waals surface area contributed by atoms with Crippen molar-refractivity contribution in [3.63, 3.8) is 0 Å². The number of carbonyl (C=O) groups excluding carboxylic acids is 1. The van der Waals surface area contributed by atoms with Crippen molar-refractivity contribution in [2.75, 3.05) is 27.2 Å². The lowest BCUT2D eigenvalue weighted by atomic mass is 10.0. The summed E-state index contributed by atoms with van der Waals surface area (Å²) in [5.41, 5.74) is 6.56. The van der Waals surface area contributed by atoms with Gasteiger partial charge in [-0.25, -0.2) is 0 Å². The highest BCUT2D eigenvalue weighted by atomic mass is 16.2. The van der Waals surface area contributed by atoms with E-state index in [0.717, 1.165) is 24.9 Å². The van der Waals surface area contributed by atoms with Crippen LogP contribution >= 0.6 is 0 Å². The molecule has 104 valence electrons. The number of likely N-dealkylation sites (N-methyl/N-ethyl adjacent to an activating group) is 1. The molecular formula is C15H23N3O. The van der Waals surface area contributed by atoms with Crippen LogP contribution in [0.2, 0.25) is 0 Å². The molecule has 0 spiro atoms. The third-order valence-corrected chi connectivity index (χ3v) is 3.78. The summed E-state index contributed by atoms with van der Waals surface area (Å²) in [4.78, 5) is 14.4. The fourth-order valence-electron chi connectivity index (χ4n) is 2.27. The minimum absolute atomic E-state index is 0.0210. The van der Waals surface area contributed by atoms with Gasteiger partial charge in [-0.05, 0) is 32.5 Å². The van der Waals surface area contributed by atoms with E-state index in [1.54, 1.807) is 0 Å². The van der Waals surface area contributed by atoms with E-state index in [2.05, 4.69) is 22.3 Å². The van der Waals surface area contributed by atoms with E-state index < -0.39 is 0 Å². The minimum Gasteiger partial charge on any atom is -0.347 e. The molecule has 1 aromatic carbocycles. The summed E-state index contributed by atoms with van der Waals surface area (Å²) in [5, 5.41) is 3.16. The van der Waals surface area contributed by atoms with E-state index in [1.807, 2.05) is 32.3 Å². The molecule has 1 unspecified atom stereocenters. The van der Waals surface area contributed by atoms with Crippen molar-refractivity contribution in [2.24, 2.45) is 11.1 Å². The van der Waals surface area contributed by atoms with E-state index in [4.69, 9.17) is 5.73 Å². The molecule has 1 fully saturated rings. The van der Waals surface area contributed by atoms with E-state index in [-0.39, 0.29) is 17.4 Å². The number of benzene rings is 1. The number of carbonyl (C=O) groups is 1. The summed E-state index contributed by atoms with van der Waals surface area (Å²) in [6, 6.07) is 10.1. The number of hydrogen-bond acceptors (Lipinski definition) is 3. The Morgan fingerprint density at radius 2 is 2.00 bits per heavy atom. The molecule has 2 rings (SSSR count). The summed E-state index contributed by atoms with van der Waals surface area (Å²) < 4.78 is 0. The second kappa shape index (κ2) is 5.72. The van der Waals surface area contributed by atoms with Crippen LogP contribution in [0.25, 0.3) is 0 Å². The van der Waals surface area contributed by atoms with Crippen LogP contribution in [0.4, 0.5) is 0 Å². The van der Waals surface area contributed by atoms with Gasteiger partial charge in [0.05, 0.1) is 11.5 Å². The number of rotatable bonds is 6. The first-order chi connectivity index (χ1) is 9.07. The first-order valence-corrected chi connectivity index (χ1v) is 6.78. The smallest absolute Gasteiger partial charge is 0.228 e. The van der Waals surface area contributed by atoms with Gasteiger partial charge in [0.1, 0.15) is 0 Å². The monoisotopic (exact) mass is 261 g/mol.